The van der Waals surface area contributed by atoms with Crippen molar-refractivity contribution >= 4 is 83.1 Å². The van der Waals surface area contributed by atoms with E-state index in [0.717, 1.165) is 5.39 Å². The monoisotopic (exact) mass is 764 g/mol. The van der Waals surface area contributed by atoms with Crippen LogP contribution in [0.25, 0.3) is 33.5 Å². The lowest BCUT2D eigenvalue weighted by molar-refractivity contribution is -0.118. The maximum atomic E-state index is 13.7. The van der Waals surface area contributed by atoms with Gasteiger partial charge in [0.05, 0.1) is 41.2 Å². The van der Waals surface area contributed by atoms with Crippen LogP contribution in [0.1, 0.15) is 5.56 Å². The van der Waals surface area contributed by atoms with E-state index in [-0.39, 0.29) is 18.3 Å². The molecule has 0 spiro atoms. The summed E-state index contributed by atoms with van der Waals surface area (Å²) in [5.74, 6) is 1.39. The molecule has 0 aliphatic heterocycles. The van der Waals surface area contributed by atoms with Crippen LogP contribution in [0.5, 0.6) is 17.2 Å². The van der Waals surface area contributed by atoms with Crippen LogP contribution in [0.4, 0.5) is 5.69 Å². The van der Waals surface area contributed by atoms with Crippen molar-refractivity contribution in [2.75, 3.05) is 26.1 Å². The molecule has 2 heterocycles. The van der Waals surface area contributed by atoms with Crippen LogP contribution in [-0.4, -0.2) is 42.6 Å². The van der Waals surface area contributed by atoms with E-state index in [1.165, 1.54) is 18.0 Å². The zero-order chi connectivity index (χ0) is 32.4. The van der Waals surface area contributed by atoms with Crippen LogP contribution in [0.3, 0.4) is 0 Å². The highest BCUT2D eigenvalue weighted by Gasteiger charge is 2.20. The molecule has 6 aromatic rings. The predicted octanol–water partition coefficient (Wildman–Crippen LogP) is 7.91. The lowest BCUT2D eigenvalue weighted by Gasteiger charge is -2.15. The maximum Gasteiger partial charge on any atom is 0.282 e. The molecule has 13 heteroatoms. The summed E-state index contributed by atoms with van der Waals surface area (Å²) >= 11 is 13.0. The molecule has 0 radical (unpaired) electrons. The van der Waals surface area contributed by atoms with Crippen molar-refractivity contribution in [1.29, 1.82) is 0 Å². The second kappa shape index (κ2) is 13.4. The first-order valence-corrected chi connectivity index (χ1v) is 15.6. The minimum atomic E-state index is -0.391. The highest BCUT2D eigenvalue weighted by molar-refractivity contribution is 9.13. The molecular formula is C33H23Br2ClN4O6. The number of hydrogen-bond donors (Lipinski definition) is 1. The van der Waals surface area contributed by atoms with Crippen molar-refractivity contribution in [3.63, 3.8) is 0 Å². The van der Waals surface area contributed by atoms with Gasteiger partial charge >= 0.3 is 0 Å². The van der Waals surface area contributed by atoms with Gasteiger partial charge in [0.2, 0.25) is 5.82 Å². The Kier molecular flexibility index (Phi) is 9.11. The molecule has 10 nitrogen and oxygen atoms in total. The topological polar surface area (TPSA) is 117 Å². The van der Waals surface area contributed by atoms with Crippen molar-refractivity contribution in [2.45, 2.75) is 0 Å². The number of rotatable bonds is 9. The summed E-state index contributed by atoms with van der Waals surface area (Å²) in [5, 5.41) is 8.97. The Hall–Kier alpha value is -4.65. The molecule has 4 aromatic carbocycles. The van der Waals surface area contributed by atoms with E-state index >= 15 is 0 Å². The van der Waals surface area contributed by atoms with Gasteiger partial charge in [0, 0.05) is 20.7 Å². The average Bonchev–Trinajstić information content (AvgIpc) is 3.51. The van der Waals surface area contributed by atoms with Gasteiger partial charge in [-0.15, -0.1) is 0 Å². The number of halogens is 3. The fourth-order valence-corrected chi connectivity index (χ4v) is 5.75. The third-order valence-electron chi connectivity index (χ3n) is 6.88. The van der Waals surface area contributed by atoms with Gasteiger partial charge in [-0.1, -0.05) is 29.8 Å². The van der Waals surface area contributed by atoms with E-state index in [4.69, 9.17) is 35.2 Å². The number of methoxy groups -OCH3 is 2. The molecule has 0 saturated carbocycles. The predicted molar refractivity (Wildman–Crippen MR) is 185 cm³/mol. The fraction of sp³-hybridized carbons (Fsp3) is 0.0909. The molecule has 0 unspecified atom stereocenters. The number of anilines is 1. The van der Waals surface area contributed by atoms with Crippen molar-refractivity contribution in [3.8, 4) is 28.8 Å². The number of hydrogen-bond acceptors (Lipinski definition) is 8. The van der Waals surface area contributed by atoms with Crippen LogP contribution in [-0.2, 0) is 4.79 Å². The first kappa shape index (κ1) is 31.3. The second-order valence-electron chi connectivity index (χ2n) is 9.77. The zero-order valence-corrected chi connectivity index (χ0v) is 28.1. The van der Waals surface area contributed by atoms with Gasteiger partial charge in [0.25, 0.3) is 11.5 Å². The van der Waals surface area contributed by atoms with Crippen LogP contribution < -0.4 is 25.1 Å². The number of para-hydroxylation sites is 1. The molecule has 0 fully saturated rings. The number of nitrogens with zero attached hydrogens (tertiary/aromatic N) is 3. The van der Waals surface area contributed by atoms with E-state index in [0.29, 0.717) is 64.7 Å². The van der Waals surface area contributed by atoms with E-state index in [1.807, 2.05) is 12.1 Å². The Balaban J connectivity index is 1.35. The normalized spacial score (nSPS) is 11.3. The highest BCUT2D eigenvalue weighted by atomic mass is 79.9. The number of fused-ring (bicyclic) bond motifs is 2. The largest absolute Gasteiger partial charge is 0.496 e. The zero-order valence-electron chi connectivity index (χ0n) is 24.2. The molecular weight excluding hydrogens is 744 g/mol. The van der Waals surface area contributed by atoms with Crippen LogP contribution in [0.15, 0.2) is 102 Å². The van der Waals surface area contributed by atoms with Gasteiger partial charge in [-0.25, -0.2) is 4.98 Å². The van der Waals surface area contributed by atoms with E-state index in [2.05, 4.69) is 42.3 Å². The Morgan fingerprint density at radius 1 is 0.978 bits per heavy atom. The third-order valence-corrected chi connectivity index (χ3v) is 9.27. The summed E-state index contributed by atoms with van der Waals surface area (Å²) in [6.45, 7) is -0.290. The smallest absolute Gasteiger partial charge is 0.282 e. The molecule has 1 N–H and O–H groups in total. The first-order valence-electron chi connectivity index (χ1n) is 13.6. The van der Waals surface area contributed by atoms with Gasteiger partial charge < -0.3 is 23.9 Å². The molecule has 0 aliphatic carbocycles. The molecule has 46 heavy (non-hydrogen) atoms. The summed E-state index contributed by atoms with van der Waals surface area (Å²) in [5.41, 5.74) is 1.79. The van der Waals surface area contributed by atoms with Crippen molar-refractivity contribution in [3.05, 3.63) is 109 Å². The van der Waals surface area contributed by atoms with Crippen LogP contribution >= 0.6 is 43.5 Å². The van der Waals surface area contributed by atoms with Gasteiger partial charge in [-0.2, -0.15) is 9.78 Å². The van der Waals surface area contributed by atoms with Gasteiger partial charge in [0.15, 0.2) is 23.9 Å². The fourth-order valence-electron chi connectivity index (χ4n) is 4.69. The van der Waals surface area contributed by atoms with E-state index in [1.54, 1.807) is 73.8 Å². The number of amides is 1. The number of nitrogens with one attached hydrogen (secondary N) is 1. The van der Waals surface area contributed by atoms with Gasteiger partial charge in [0.1, 0.15) is 11.3 Å². The minimum Gasteiger partial charge on any atom is -0.496 e. The summed E-state index contributed by atoms with van der Waals surface area (Å²) in [4.78, 5) is 31.0. The molecule has 1 amide bonds. The molecule has 0 atom stereocenters. The van der Waals surface area contributed by atoms with Crippen molar-refractivity contribution in [2.24, 2.45) is 5.10 Å². The molecule has 6 rings (SSSR count). The van der Waals surface area contributed by atoms with Crippen molar-refractivity contribution < 1.29 is 23.4 Å². The average molecular weight is 767 g/mol. The third kappa shape index (κ3) is 6.23. The number of carbonyl (C=O) groups is 1. The maximum absolute atomic E-state index is 13.7. The standard InChI is InChI=1S/C33H23Br2ClN4O6/c1-43-24-8-5-9-25-22(24)15-27(46-25)32-39-23-7-4-3-6-21(23)33(42)40(32)37-16-18-14-26(44-2)31(30(35)29(18)34)45-17-28(41)38-20-12-10-19(36)11-13-20/h3-16H,17H2,1-2H3,(H,38,41). The number of aromatic nitrogens is 2. The molecule has 232 valence electrons. The Morgan fingerprint density at radius 3 is 2.50 bits per heavy atom. The van der Waals surface area contributed by atoms with Crippen molar-refractivity contribution in [1.82, 2.24) is 9.66 Å². The molecule has 0 saturated heterocycles. The molecule has 0 aliphatic rings. The SMILES string of the molecule is COc1cc(C=Nn2c(-c3cc4c(OC)cccc4o3)nc3ccccc3c2=O)c(Br)c(Br)c1OCC(=O)Nc1ccc(Cl)cc1. The van der Waals surface area contributed by atoms with Gasteiger partial charge in [-0.3, -0.25) is 9.59 Å². The summed E-state index contributed by atoms with van der Waals surface area (Å²) < 4.78 is 25.2. The Bertz CT molecular complexity index is 2200. The summed E-state index contributed by atoms with van der Waals surface area (Å²) in [7, 11) is 3.05. The number of furan rings is 1. The molecule has 2 aromatic heterocycles. The minimum absolute atomic E-state index is 0.201. The second-order valence-corrected chi connectivity index (χ2v) is 11.8. The number of benzene rings is 4. The van der Waals surface area contributed by atoms with Gasteiger partial charge in [-0.05, 0) is 92.5 Å². The lowest BCUT2D eigenvalue weighted by atomic mass is 10.2. The van der Waals surface area contributed by atoms with E-state index in [9.17, 15) is 9.59 Å². The Labute approximate surface area is 283 Å². The lowest BCUT2D eigenvalue weighted by Crippen LogP contribution is -2.20. The Morgan fingerprint density at radius 2 is 1.74 bits per heavy atom. The summed E-state index contributed by atoms with van der Waals surface area (Å²) in [6.07, 6.45) is 1.49. The van der Waals surface area contributed by atoms with Crippen LogP contribution in [0, 0.1) is 0 Å². The first-order chi connectivity index (χ1) is 22.3. The number of ether oxygens (including phenoxy) is 3. The highest BCUT2D eigenvalue weighted by Crippen LogP contribution is 2.42. The summed E-state index contributed by atoms with van der Waals surface area (Å²) in [6, 6.07) is 22.6. The molecule has 0 bridgehead atoms. The quantitative estimate of drug-likeness (QED) is 0.149. The van der Waals surface area contributed by atoms with E-state index < -0.39 is 5.56 Å². The van der Waals surface area contributed by atoms with Crippen LogP contribution in [0.2, 0.25) is 5.02 Å². The number of carbonyl (C=O) groups excluding carboxylic acids is 1.